The van der Waals surface area contributed by atoms with E-state index < -0.39 is 0 Å². The van der Waals surface area contributed by atoms with E-state index in [9.17, 15) is 0 Å². The zero-order chi connectivity index (χ0) is 12.8. The van der Waals surface area contributed by atoms with Gasteiger partial charge in [-0.2, -0.15) is 0 Å². The first kappa shape index (κ1) is 12.8. The van der Waals surface area contributed by atoms with Crippen molar-refractivity contribution in [2.75, 3.05) is 13.1 Å². The molecular formula is C16H20N2. The average Bonchev–Trinajstić information content (AvgIpc) is 2.40. The summed E-state index contributed by atoms with van der Waals surface area (Å²) >= 11 is 0. The van der Waals surface area contributed by atoms with Crippen LogP contribution in [0, 0.1) is 0 Å². The third kappa shape index (κ3) is 3.41. The maximum absolute atomic E-state index is 4.28. The highest BCUT2D eigenvalue weighted by Gasteiger charge is 2.14. The van der Waals surface area contributed by atoms with Crippen LogP contribution in [0.3, 0.4) is 0 Å². The summed E-state index contributed by atoms with van der Waals surface area (Å²) in [6, 6.07) is 10.6. The van der Waals surface area contributed by atoms with Crippen molar-refractivity contribution in [3.05, 3.63) is 60.3 Å². The molecule has 1 aromatic rings. The van der Waals surface area contributed by atoms with Crippen molar-refractivity contribution in [2.45, 2.75) is 19.9 Å². The molecule has 2 heteroatoms. The molecule has 0 aliphatic carbocycles. The van der Waals surface area contributed by atoms with Crippen LogP contribution in [0.4, 0.5) is 0 Å². The molecular weight excluding hydrogens is 220 g/mol. The topological polar surface area (TPSA) is 15.6 Å². The van der Waals surface area contributed by atoms with E-state index in [2.05, 4.69) is 59.8 Å². The first-order chi connectivity index (χ1) is 8.79. The van der Waals surface area contributed by atoms with E-state index in [0.717, 1.165) is 31.8 Å². The Bertz CT molecular complexity index is 457. The summed E-state index contributed by atoms with van der Waals surface area (Å²) in [5, 5.41) is 0. The zero-order valence-corrected chi connectivity index (χ0v) is 11.0. The van der Waals surface area contributed by atoms with Gasteiger partial charge in [-0.25, -0.2) is 0 Å². The summed E-state index contributed by atoms with van der Waals surface area (Å²) in [5.41, 5.74) is 3.79. The molecule has 18 heavy (non-hydrogen) atoms. The Morgan fingerprint density at radius 2 is 2.17 bits per heavy atom. The Hall–Kier alpha value is -1.67. The van der Waals surface area contributed by atoms with Gasteiger partial charge in [0.05, 0.1) is 0 Å². The van der Waals surface area contributed by atoms with E-state index in [-0.39, 0.29) is 0 Å². The Balaban J connectivity index is 2.00. The maximum Gasteiger partial charge on any atom is 0.0414 e. The molecule has 0 saturated carbocycles. The summed E-state index contributed by atoms with van der Waals surface area (Å²) in [7, 11) is 0. The van der Waals surface area contributed by atoms with E-state index in [1.807, 2.05) is 0 Å². The largest absolute Gasteiger partial charge is 0.294 e. The Kier molecular flexibility index (Phi) is 4.48. The minimum absolute atomic E-state index is 0.984. The standard InChI is InChI=1S/C16H20N2/c1-3-17-14(2)16-10-7-11-18(13-16)12-15-8-5-4-6-9-15/h3-6,8-10H,1,7,11-13H2,2H3. The lowest BCUT2D eigenvalue weighted by molar-refractivity contribution is 0.286. The molecule has 0 amide bonds. The molecule has 0 unspecified atom stereocenters. The summed E-state index contributed by atoms with van der Waals surface area (Å²) < 4.78 is 0. The fourth-order valence-corrected chi connectivity index (χ4v) is 2.26. The molecule has 0 saturated heterocycles. The van der Waals surface area contributed by atoms with Crippen molar-refractivity contribution < 1.29 is 0 Å². The van der Waals surface area contributed by atoms with E-state index in [0.29, 0.717) is 0 Å². The number of hydrogen-bond acceptors (Lipinski definition) is 2. The zero-order valence-electron chi connectivity index (χ0n) is 11.0. The predicted molar refractivity (Wildman–Crippen MR) is 77.7 cm³/mol. The minimum atomic E-state index is 0.984. The van der Waals surface area contributed by atoms with Crippen molar-refractivity contribution in [3.8, 4) is 0 Å². The molecule has 0 radical (unpaired) electrons. The molecule has 94 valence electrons. The van der Waals surface area contributed by atoms with Crippen molar-refractivity contribution in [1.29, 1.82) is 0 Å². The van der Waals surface area contributed by atoms with Crippen LogP contribution in [0.25, 0.3) is 0 Å². The molecule has 0 bridgehead atoms. The van der Waals surface area contributed by atoms with Gasteiger partial charge in [-0.1, -0.05) is 43.0 Å². The monoisotopic (exact) mass is 240 g/mol. The molecule has 0 fully saturated rings. The number of rotatable bonds is 4. The second-order valence-electron chi connectivity index (χ2n) is 4.61. The SMILES string of the molecule is C=CN=C(C)C1=CCCN(Cc2ccccc2)C1. The van der Waals surface area contributed by atoms with E-state index in [4.69, 9.17) is 0 Å². The summed E-state index contributed by atoms with van der Waals surface area (Å²) in [4.78, 5) is 6.74. The van der Waals surface area contributed by atoms with E-state index in [1.54, 1.807) is 6.20 Å². The fraction of sp³-hybridized carbons (Fsp3) is 0.312. The van der Waals surface area contributed by atoms with Gasteiger partial charge in [0.2, 0.25) is 0 Å². The van der Waals surface area contributed by atoms with Gasteiger partial charge in [-0.15, -0.1) is 0 Å². The molecule has 1 aliphatic rings. The van der Waals surface area contributed by atoms with Crippen LogP contribution in [0.15, 0.2) is 59.8 Å². The molecule has 1 heterocycles. The Morgan fingerprint density at radius 3 is 2.89 bits per heavy atom. The van der Waals surface area contributed by atoms with Gasteiger partial charge in [0.25, 0.3) is 0 Å². The third-order valence-electron chi connectivity index (χ3n) is 3.23. The van der Waals surface area contributed by atoms with Crippen LogP contribution in [-0.4, -0.2) is 23.7 Å². The van der Waals surface area contributed by atoms with Gasteiger partial charge >= 0.3 is 0 Å². The van der Waals surface area contributed by atoms with Crippen LogP contribution in [0.2, 0.25) is 0 Å². The molecule has 0 atom stereocenters. The van der Waals surface area contributed by atoms with Gasteiger partial charge in [0, 0.05) is 31.5 Å². The summed E-state index contributed by atoms with van der Waals surface area (Å²) in [6.07, 6.45) is 5.02. The minimum Gasteiger partial charge on any atom is -0.294 e. The number of aliphatic imine (C=N–C) groups is 1. The van der Waals surface area contributed by atoms with Crippen molar-refractivity contribution in [3.63, 3.8) is 0 Å². The summed E-state index contributed by atoms with van der Waals surface area (Å²) in [6.45, 7) is 8.83. The van der Waals surface area contributed by atoms with E-state index in [1.165, 1.54) is 11.1 Å². The smallest absolute Gasteiger partial charge is 0.0414 e. The Labute approximate surface area is 109 Å². The molecule has 2 rings (SSSR count). The second-order valence-corrected chi connectivity index (χ2v) is 4.61. The highest BCUT2D eigenvalue weighted by Crippen LogP contribution is 2.14. The number of nitrogens with zero attached hydrogens (tertiary/aromatic N) is 2. The fourth-order valence-electron chi connectivity index (χ4n) is 2.26. The molecule has 0 aromatic heterocycles. The molecule has 0 N–H and O–H groups in total. The van der Waals surface area contributed by atoms with Gasteiger partial charge < -0.3 is 0 Å². The van der Waals surface area contributed by atoms with Crippen LogP contribution >= 0.6 is 0 Å². The van der Waals surface area contributed by atoms with Crippen LogP contribution in [0.5, 0.6) is 0 Å². The van der Waals surface area contributed by atoms with Crippen molar-refractivity contribution >= 4 is 5.71 Å². The number of benzene rings is 1. The molecule has 1 aromatic carbocycles. The third-order valence-corrected chi connectivity index (χ3v) is 3.23. The molecule has 2 nitrogen and oxygen atoms in total. The lowest BCUT2D eigenvalue weighted by atomic mass is 10.0. The van der Waals surface area contributed by atoms with Crippen LogP contribution in [0.1, 0.15) is 18.9 Å². The van der Waals surface area contributed by atoms with E-state index >= 15 is 0 Å². The summed E-state index contributed by atoms with van der Waals surface area (Å²) in [5.74, 6) is 0. The first-order valence-corrected chi connectivity index (χ1v) is 6.40. The predicted octanol–water partition coefficient (Wildman–Crippen LogP) is 3.42. The Morgan fingerprint density at radius 1 is 1.39 bits per heavy atom. The highest BCUT2D eigenvalue weighted by atomic mass is 15.1. The van der Waals surface area contributed by atoms with Crippen LogP contribution in [-0.2, 0) is 6.54 Å². The average molecular weight is 240 g/mol. The maximum atomic E-state index is 4.28. The van der Waals surface area contributed by atoms with Gasteiger partial charge in [0.15, 0.2) is 0 Å². The highest BCUT2D eigenvalue weighted by molar-refractivity contribution is 5.99. The van der Waals surface area contributed by atoms with Gasteiger partial charge in [-0.3, -0.25) is 9.89 Å². The molecule has 1 aliphatic heterocycles. The van der Waals surface area contributed by atoms with Gasteiger partial charge in [-0.05, 0) is 24.5 Å². The van der Waals surface area contributed by atoms with Crippen LogP contribution < -0.4 is 0 Å². The lowest BCUT2D eigenvalue weighted by Crippen LogP contribution is -2.31. The molecule has 0 spiro atoms. The second kappa shape index (κ2) is 6.31. The van der Waals surface area contributed by atoms with Crippen molar-refractivity contribution in [2.24, 2.45) is 4.99 Å². The number of hydrogen-bond donors (Lipinski definition) is 0. The van der Waals surface area contributed by atoms with Crippen molar-refractivity contribution in [1.82, 2.24) is 4.90 Å². The van der Waals surface area contributed by atoms with Gasteiger partial charge in [0.1, 0.15) is 0 Å². The lowest BCUT2D eigenvalue weighted by Gasteiger charge is -2.27. The quantitative estimate of drug-likeness (QED) is 0.736. The first-order valence-electron chi connectivity index (χ1n) is 6.40. The normalized spacial score (nSPS) is 17.4.